The van der Waals surface area contributed by atoms with Crippen LogP contribution in [0.25, 0.3) is 0 Å². The van der Waals surface area contributed by atoms with E-state index in [0.717, 1.165) is 24.2 Å². The van der Waals surface area contributed by atoms with Gasteiger partial charge in [0.15, 0.2) is 10.9 Å². The van der Waals surface area contributed by atoms with Crippen LogP contribution in [0.1, 0.15) is 16.8 Å². The van der Waals surface area contributed by atoms with Crippen molar-refractivity contribution in [2.75, 3.05) is 11.9 Å². The van der Waals surface area contributed by atoms with Crippen LogP contribution < -0.4 is 10.6 Å². The van der Waals surface area contributed by atoms with Crippen molar-refractivity contribution in [1.29, 1.82) is 0 Å². The van der Waals surface area contributed by atoms with Gasteiger partial charge in [-0.15, -0.1) is 0 Å². The number of nitrogens with one attached hydrogen (secondary N) is 2. The normalized spacial score (nSPS) is 10.6. The molecule has 140 valence electrons. The van der Waals surface area contributed by atoms with Gasteiger partial charge in [-0.2, -0.15) is 5.10 Å². The Morgan fingerprint density at radius 3 is 2.63 bits per heavy atom. The first-order valence-corrected chi connectivity index (χ1v) is 9.75. The van der Waals surface area contributed by atoms with Gasteiger partial charge in [-0.3, -0.25) is 4.68 Å². The maximum absolute atomic E-state index is 6.26. The van der Waals surface area contributed by atoms with Crippen LogP contribution in [0, 0.1) is 6.92 Å². The van der Waals surface area contributed by atoms with Crippen LogP contribution in [-0.4, -0.2) is 21.4 Å². The molecule has 7 heteroatoms. The zero-order valence-electron chi connectivity index (χ0n) is 14.9. The fourth-order valence-corrected chi connectivity index (χ4v) is 3.34. The summed E-state index contributed by atoms with van der Waals surface area (Å²) in [4.78, 5) is 0. The van der Waals surface area contributed by atoms with Crippen molar-refractivity contribution in [1.82, 2.24) is 15.1 Å². The summed E-state index contributed by atoms with van der Waals surface area (Å²) in [5.74, 6) is 0.704. The number of halogens is 2. The van der Waals surface area contributed by atoms with Gasteiger partial charge in [-0.25, -0.2) is 0 Å². The minimum atomic E-state index is 0.556. The molecule has 3 rings (SSSR count). The van der Waals surface area contributed by atoms with E-state index in [1.54, 1.807) is 6.07 Å². The molecule has 0 aliphatic carbocycles. The highest BCUT2D eigenvalue weighted by atomic mass is 35.5. The summed E-state index contributed by atoms with van der Waals surface area (Å²) in [5, 5.41) is 12.7. The summed E-state index contributed by atoms with van der Waals surface area (Å²) < 4.78 is 1.88. The minimum Gasteiger partial charge on any atom is -0.362 e. The van der Waals surface area contributed by atoms with Crippen molar-refractivity contribution < 1.29 is 0 Å². The topological polar surface area (TPSA) is 41.9 Å². The van der Waals surface area contributed by atoms with E-state index < -0.39 is 0 Å². The number of aryl methyl sites for hydroxylation is 1. The van der Waals surface area contributed by atoms with Crippen molar-refractivity contribution in [3.8, 4) is 0 Å². The number of nitrogens with zero attached hydrogens (tertiary/aromatic N) is 2. The van der Waals surface area contributed by atoms with Crippen LogP contribution in [-0.2, 0) is 13.0 Å². The summed E-state index contributed by atoms with van der Waals surface area (Å²) in [5.41, 5.74) is 3.24. The van der Waals surface area contributed by atoms with Crippen LogP contribution in [0.4, 0.5) is 5.82 Å². The average molecular weight is 419 g/mol. The number of hydrogen-bond donors (Lipinski definition) is 2. The predicted octanol–water partition coefficient (Wildman–Crippen LogP) is 5.08. The molecule has 2 aromatic carbocycles. The van der Waals surface area contributed by atoms with Crippen LogP contribution in [0.2, 0.25) is 10.0 Å². The first-order valence-electron chi connectivity index (χ1n) is 8.58. The van der Waals surface area contributed by atoms with E-state index in [1.165, 1.54) is 5.56 Å². The Labute approximate surface area is 174 Å². The molecular formula is C20H20Cl2N4S. The van der Waals surface area contributed by atoms with Crippen molar-refractivity contribution in [2.45, 2.75) is 19.9 Å². The summed E-state index contributed by atoms with van der Waals surface area (Å²) in [6.07, 6.45) is 0.908. The van der Waals surface area contributed by atoms with Crippen LogP contribution in [0.15, 0.2) is 54.6 Å². The maximum Gasteiger partial charge on any atom is 0.172 e. The fourth-order valence-electron chi connectivity index (χ4n) is 2.67. The third-order valence-electron chi connectivity index (χ3n) is 4.10. The van der Waals surface area contributed by atoms with Crippen molar-refractivity contribution in [3.63, 3.8) is 0 Å². The highest BCUT2D eigenvalue weighted by Crippen LogP contribution is 2.22. The molecule has 0 fully saturated rings. The molecule has 3 aromatic rings. The predicted molar refractivity (Wildman–Crippen MR) is 117 cm³/mol. The number of benzene rings is 2. The maximum atomic E-state index is 6.26. The molecule has 0 radical (unpaired) electrons. The van der Waals surface area contributed by atoms with Gasteiger partial charge >= 0.3 is 0 Å². The molecule has 0 spiro atoms. The first-order chi connectivity index (χ1) is 13.0. The molecule has 0 atom stereocenters. The summed E-state index contributed by atoms with van der Waals surface area (Å²) >= 11 is 17.6. The standard InChI is InChI=1S/C20H20Cl2N4S/c1-14-11-19(24-20(27)23-10-9-15-5-3-2-4-6-15)25-26(14)13-16-7-8-17(21)12-18(16)22/h2-8,11-12H,9-10,13H2,1H3,(H2,23,24,25,27). The van der Waals surface area contributed by atoms with E-state index in [-0.39, 0.29) is 0 Å². The Morgan fingerprint density at radius 2 is 1.89 bits per heavy atom. The Hall–Kier alpha value is -2.08. The molecule has 0 saturated heterocycles. The summed E-state index contributed by atoms with van der Waals surface area (Å²) in [6, 6.07) is 17.7. The molecule has 0 bridgehead atoms. The van der Waals surface area contributed by atoms with E-state index in [4.69, 9.17) is 35.4 Å². The quantitative estimate of drug-likeness (QED) is 0.547. The SMILES string of the molecule is Cc1cc(NC(=S)NCCc2ccccc2)nn1Cc1ccc(Cl)cc1Cl. The third-order valence-corrected chi connectivity index (χ3v) is 4.93. The van der Waals surface area contributed by atoms with Gasteiger partial charge in [0, 0.05) is 28.4 Å². The lowest BCUT2D eigenvalue weighted by Crippen LogP contribution is -2.30. The van der Waals surface area contributed by atoms with E-state index in [9.17, 15) is 0 Å². The molecule has 4 nitrogen and oxygen atoms in total. The van der Waals surface area contributed by atoms with Crippen LogP contribution >= 0.6 is 35.4 Å². The highest BCUT2D eigenvalue weighted by molar-refractivity contribution is 7.80. The molecule has 0 aliphatic rings. The summed E-state index contributed by atoms with van der Waals surface area (Å²) in [6.45, 7) is 3.32. The van der Waals surface area contributed by atoms with E-state index in [1.807, 2.05) is 48.0 Å². The number of anilines is 1. The molecule has 0 aliphatic heterocycles. The second-order valence-corrected chi connectivity index (χ2v) is 7.43. The molecule has 27 heavy (non-hydrogen) atoms. The van der Waals surface area contributed by atoms with Crippen molar-refractivity contribution in [3.05, 3.63) is 81.5 Å². The van der Waals surface area contributed by atoms with Gasteiger partial charge in [0.1, 0.15) is 0 Å². The van der Waals surface area contributed by atoms with E-state index in [2.05, 4.69) is 27.9 Å². The molecule has 0 saturated carbocycles. The largest absolute Gasteiger partial charge is 0.362 e. The Bertz CT molecular complexity index is 925. The van der Waals surface area contributed by atoms with Gasteiger partial charge in [0.2, 0.25) is 0 Å². The second kappa shape index (κ2) is 9.22. The van der Waals surface area contributed by atoms with Gasteiger partial charge in [0.05, 0.1) is 6.54 Å². The first kappa shape index (κ1) is 19.7. The zero-order valence-corrected chi connectivity index (χ0v) is 17.2. The number of aromatic nitrogens is 2. The van der Waals surface area contributed by atoms with Crippen LogP contribution in [0.5, 0.6) is 0 Å². The minimum absolute atomic E-state index is 0.556. The van der Waals surface area contributed by atoms with Gasteiger partial charge in [-0.05, 0) is 48.8 Å². The Morgan fingerprint density at radius 1 is 1.11 bits per heavy atom. The lowest BCUT2D eigenvalue weighted by molar-refractivity contribution is 0.668. The van der Waals surface area contributed by atoms with E-state index in [0.29, 0.717) is 27.5 Å². The number of rotatable bonds is 6. The fraction of sp³-hybridized carbons (Fsp3) is 0.200. The van der Waals surface area contributed by atoms with Gasteiger partial charge in [0.25, 0.3) is 0 Å². The van der Waals surface area contributed by atoms with Gasteiger partial charge in [-0.1, -0.05) is 59.6 Å². The number of hydrogen-bond acceptors (Lipinski definition) is 2. The molecule has 0 unspecified atom stereocenters. The monoisotopic (exact) mass is 418 g/mol. The zero-order chi connectivity index (χ0) is 19.2. The second-order valence-electron chi connectivity index (χ2n) is 6.18. The Kier molecular flexibility index (Phi) is 6.72. The molecule has 2 N–H and O–H groups in total. The van der Waals surface area contributed by atoms with Crippen molar-refractivity contribution in [2.24, 2.45) is 0 Å². The van der Waals surface area contributed by atoms with Gasteiger partial charge < -0.3 is 10.6 Å². The molecular weight excluding hydrogens is 399 g/mol. The molecule has 0 amide bonds. The Balaban J connectivity index is 1.55. The summed E-state index contributed by atoms with van der Waals surface area (Å²) in [7, 11) is 0. The number of thiocarbonyl (C=S) groups is 1. The smallest absolute Gasteiger partial charge is 0.172 e. The lowest BCUT2D eigenvalue weighted by atomic mass is 10.1. The molecule has 1 heterocycles. The highest BCUT2D eigenvalue weighted by Gasteiger charge is 2.09. The third kappa shape index (κ3) is 5.70. The van der Waals surface area contributed by atoms with Crippen LogP contribution in [0.3, 0.4) is 0 Å². The average Bonchev–Trinajstić information content (AvgIpc) is 2.97. The molecule has 1 aromatic heterocycles. The van der Waals surface area contributed by atoms with Crippen molar-refractivity contribution >= 4 is 46.4 Å². The lowest BCUT2D eigenvalue weighted by Gasteiger charge is -2.09. The van der Waals surface area contributed by atoms with E-state index >= 15 is 0 Å².